The summed E-state index contributed by atoms with van der Waals surface area (Å²) in [5, 5.41) is 11.6. The lowest BCUT2D eigenvalue weighted by atomic mass is 10.0. The van der Waals surface area contributed by atoms with Crippen molar-refractivity contribution in [1.82, 2.24) is 0 Å². The van der Waals surface area contributed by atoms with Crippen molar-refractivity contribution in [3.05, 3.63) is 30.3 Å². The number of amides is 1. The molecule has 0 saturated carbocycles. The second-order valence-corrected chi connectivity index (χ2v) is 4.75. The lowest BCUT2D eigenvalue weighted by Crippen LogP contribution is -2.11. The molecule has 0 heterocycles. The van der Waals surface area contributed by atoms with Gasteiger partial charge in [0.25, 0.3) is 0 Å². The summed E-state index contributed by atoms with van der Waals surface area (Å²) in [6.07, 6.45) is 3.70. The van der Waals surface area contributed by atoms with E-state index in [0.717, 1.165) is 24.9 Å². The minimum Gasteiger partial charge on any atom is -0.481 e. The van der Waals surface area contributed by atoms with E-state index in [1.807, 2.05) is 30.3 Å². The number of carbonyl (C=O) groups excluding carboxylic acids is 1. The Bertz CT molecular complexity index is 403. The first-order valence-corrected chi connectivity index (χ1v) is 6.67. The number of hydrogen-bond donors (Lipinski definition) is 2. The van der Waals surface area contributed by atoms with E-state index in [-0.39, 0.29) is 11.8 Å². The van der Waals surface area contributed by atoms with Gasteiger partial charge in [0.05, 0.1) is 5.92 Å². The van der Waals surface area contributed by atoms with E-state index in [9.17, 15) is 9.59 Å². The highest BCUT2D eigenvalue weighted by molar-refractivity contribution is 5.90. The first kappa shape index (κ1) is 15.2. The average Bonchev–Trinajstić information content (AvgIpc) is 2.39. The number of aliphatic carboxylic acids is 1. The summed E-state index contributed by atoms with van der Waals surface area (Å²) in [7, 11) is 0. The molecule has 1 atom stereocenters. The van der Waals surface area contributed by atoms with Gasteiger partial charge in [0.15, 0.2) is 0 Å². The van der Waals surface area contributed by atoms with Gasteiger partial charge in [-0.25, -0.2) is 0 Å². The number of benzene rings is 1. The van der Waals surface area contributed by atoms with Crippen molar-refractivity contribution >= 4 is 17.6 Å². The van der Waals surface area contributed by atoms with Crippen LogP contribution in [0.1, 0.15) is 39.0 Å². The van der Waals surface area contributed by atoms with Gasteiger partial charge in [-0.3, -0.25) is 9.59 Å². The molecule has 0 spiro atoms. The Kier molecular flexibility index (Phi) is 6.64. The van der Waals surface area contributed by atoms with Crippen LogP contribution < -0.4 is 5.32 Å². The van der Waals surface area contributed by atoms with Crippen molar-refractivity contribution in [2.24, 2.45) is 5.92 Å². The molecule has 0 aliphatic carbocycles. The maximum atomic E-state index is 11.6. The molecule has 19 heavy (non-hydrogen) atoms. The van der Waals surface area contributed by atoms with Gasteiger partial charge in [0, 0.05) is 12.1 Å². The van der Waals surface area contributed by atoms with Crippen molar-refractivity contribution in [2.45, 2.75) is 39.0 Å². The number of rotatable bonds is 8. The molecule has 0 saturated heterocycles. The smallest absolute Gasteiger partial charge is 0.306 e. The molecule has 2 N–H and O–H groups in total. The predicted molar refractivity (Wildman–Crippen MR) is 75.0 cm³/mol. The third kappa shape index (κ3) is 6.60. The highest BCUT2D eigenvalue weighted by atomic mass is 16.4. The van der Waals surface area contributed by atoms with E-state index in [2.05, 4.69) is 5.32 Å². The molecule has 1 aromatic rings. The zero-order chi connectivity index (χ0) is 14.1. The van der Waals surface area contributed by atoms with Gasteiger partial charge in [0.2, 0.25) is 5.91 Å². The van der Waals surface area contributed by atoms with Crippen molar-refractivity contribution in [3.8, 4) is 0 Å². The maximum Gasteiger partial charge on any atom is 0.306 e. The fraction of sp³-hybridized carbons (Fsp3) is 0.467. The number of para-hydroxylation sites is 1. The van der Waals surface area contributed by atoms with Crippen molar-refractivity contribution in [2.75, 3.05) is 5.32 Å². The minimum atomic E-state index is -0.748. The van der Waals surface area contributed by atoms with Gasteiger partial charge < -0.3 is 10.4 Å². The maximum absolute atomic E-state index is 11.6. The normalized spacial score (nSPS) is 11.8. The van der Waals surface area contributed by atoms with Crippen molar-refractivity contribution in [1.29, 1.82) is 0 Å². The molecule has 4 nitrogen and oxygen atoms in total. The average molecular weight is 263 g/mol. The molecule has 0 aliphatic rings. The molecule has 0 radical (unpaired) electrons. The third-order valence-electron chi connectivity index (χ3n) is 3.02. The van der Waals surface area contributed by atoms with Crippen molar-refractivity contribution in [3.63, 3.8) is 0 Å². The molecule has 0 aromatic heterocycles. The Morgan fingerprint density at radius 3 is 2.47 bits per heavy atom. The summed E-state index contributed by atoms with van der Waals surface area (Å²) in [5.41, 5.74) is 0.812. The standard InChI is InChI=1S/C15H21NO3/c1-12(15(18)19)8-4-2-7-11-14(17)16-13-9-5-3-6-10-13/h3,5-6,9-10,12H,2,4,7-8,11H2,1H3,(H,16,17)(H,18,19). The van der Waals surface area contributed by atoms with Crippen LogP contribution in [0.15, 0.2) is 30.3 Å². The molecular weight excluding hydrogens is 242 g/mol. The van der Waals surface area contributed by atoms with Crippen LogP contribution in [0.25, 0.3) is 0 Å². The van der Waals surface area contributed by atoms with Crippen LogP contribution in [0.2, 0.25) is 0 Å². The van der Waals surface area contributed by atoms with Gasteiger partial charge in [-0.2, -0.15) is 0 Å². The second kappa shape index (κ2) is 8.29. The SMILES string of the molecule is CC(CCCCCC(=O)Nc1ccccc1)C(=O)O. The van der Waals surface area contributed by atoms with E-state index in [1.54, 1.807) is 6.92 Å². The monoisotopic (exact) mass is 263 g/mol. The van der Waals surface area contributed by atoms with Crippen LogP contribution in [0.5, 0.6) is 0 Å². The second-order valence-electron chi connectivity index (χ2n) is 4.75. The zero-order valence-corrected chi connectivity index (χ0v) is 11.3. The molecule has 0 bridgehead atoms. The largest absolute Gasteiger partial charge is 0.481 e. The molecular formula is C15H21NO3. The van der Waals surface area contributed by atoms with Gasteiger partial charge in [-0.05, 0) is 25.0 Å². The first-order chi connectivity index (χ1) is 9.09. The lowest BCUT2D eigenvalue weighted by molar-refractivity contribution is -0.141. The van der Waals surface area contributed by atoms with Crippen LogP contribution in [0.4, 0.5) is 5.69 Å². The summed E-state index contributed by atoms with van der Waals surface area (Å²) in [5.74, 6) is -1.03. The number of carboxylic acid groups (broad SMARTS) is 1. The molecule has 4 heteroatoms. The first-order valence-electron chi connectivity index (χ1n) is 6.67. The number of anilines is 1. The van der Waals surface area contributed by atoms with E-state index < -0.39 is 5.97 Å². The molecule has 1 rings (SSSR count). The van der Waals surface area contributed by atoms with E-state index in [0.29, 0.717) is 12.8 Å². The van der Waals surface area contributed by atoms with E-state index >= 15 is 0 Å². The summed E-state index contributed by atoms with van der Waals surface area (Å²) in [4.78, 5) is 22.2. The topological polar surface area (TPSA) is 66.4 Å². The van der Waals surface area contributed by atoms with Crippen LogP contribution in [-0.2, 0) is 9.59 Å². The fourth-order valence-corrected chi connectivity index (χ4v) is 1.78. The molecule has 1 aromatic carbocycles. The molecule has 0 fully saturated rings. The van der Waals surface area contributed by atoms with Gasteiger partial charge in [-0.15, -0.1) is 0 Å². The number of hydrogen-bond acceptors (Lipinski definition) is 2. The van der Waals surface area contributed by atoms with Crippen LogP contribution in [0.3, 0.4) is 0 Å². The Balaban J connectivity index is 2.10. The van der Waals surface area contributed by atoms with Gasteiger partial charge in [-0.1, -0.05) is 38.0 Å². The number of nitrogens with one attached hydrogen (secondary N) is 1. The minimum absolute atomic E-state index is 0.0116. The quantitative estimate of drug-likeness (QED) is 0.707. The highest BCUT2D eigenvalue weighted by Gasteiger charge is 2.09. The fourth-order valence-electron chi connectivity index (χ4n) is 1.78. The third-order valence-corrected chi connectivity index (χ3v) is 3.02. The zero-order valence-electron chi connectivity index (χ0n) is 11.3. The van der Waals surface area contributed by atoms with Gasteiger partial charge in [0.1, 0.15) is 0 Å². The van der Waals surface area contributed by atoms with Crippen LogP contribution >= 0.6 is 0 Å². The predicted octanol–water partition coefficient (Wildman–Crippen LogP) is 3.30. The Morgan fingerprint density at radius 2 is 1.84 bits per heavy atom. The summed E-state index contributed by atoms with van der Waals surface area (Å²) in [6, 6.07) is 9.37. The molecule has 1 unspecified atom stereocenters. The Labute approximate surface area is 113 Å². The summed E-state index contributed by atoms with van der Waals surface area (Å²) >= 11 is 0. The lowest BCUT2D eigenvalue weighted by Gasteiger charge is -2.06. The summed E-state index contributed by atoms with van der Waals surface area (Å²) < 4.78 is 0. The van der Waals surface area contributed by atoms with Crippen LogP contribution in [0, 0.1) is 5.92 Å². The Morgan fingerprint density at radius 1 is 1.16 bits per heavy atom. The number of unbranched alkanes of at least 4 members (excludes halogenated alkanes) is 2. The molecule has 0 aliphatic heterocycles. The summed E-state index contributed by atoms with van der Waals surface area (Å²) in [6.45, 7) is 1.71. The van der Waals surface area contributed by atoms with Crippen molar-refractivity contribution < 1.29 is 14.7 Å². The molecule has 104 valence electrons. The number of carbonyl (C=O) groups is 2. The van der Waals surface area contributed by atoms with E-state index in [1.165, 1.54) is 0 Å². The van der Waals surface area contributed by atoms with E-state index in [4.69, 9.17) is 5.11 Å². The Hall–Kier alpha value is -1.84. The van der Waals surface area contributed by atoms with Crippen LogP contribution in [-0.4, -0.2) is 17.0 Å². The number of carboxylic acids is 1. The highest BCUT2D eigenvalue weighted by Crippen LogP contribution is 2.11. The molecule has 1 amide bonds. The van der Waals surface area contributed by atoms with Gasteiger partial charge >= 0.3 is 5.97 Å².